The number of hydrogen-bond donors (Lipinski definition) is 0. The lowest BCUT2D eigenvalue weighted by Crippen LogP contribution is -2.36. The van der Waals surface area contributed by atoms with Gasteiger partial charge in [-0.2, -0.15) is 5.26 Å². The Morgan fingerprint density at radius 1 is 0.927 bits per heavy atom. The number of amides is 1. The molecule has 0 atom stereocenters. The van der Waals surface area contributed by atoms with E-state index < -0.39 is 0 Å². The fraction of sp³-hybridized carbons (Fsp3) is 0.343. The highest BCUT2D eigenvalue weighted by molar-refractivity contribution is 5.98. The maximum Gasteiger partial charge on any atom is 0.410 e. The van der Waals surface area contributed by atoms with Gasteiger partial charge in [-0.3, -0.25) is 9.69 Å². The number of rotatable bonds is 7. The van der Waals surface area contributed by atoms with Crippen LogP contribution in [0.1, 0.15) is 63.9 Å². The molecular weight excluding hydrogens is 510 g/mol. The van der Waals surface area contributed by atoms with Gasteiger partial charge in [-0.15, -0.1) is 0 Å². The third-order valence-electron chi connectivity index (χ3n) is 8.75. The van der Waals surface area contributed by atoms with Crippen LogP contribution in [0.4, 0.5) is 4.79 Å². The molecule has 0 bridgehead atoms. The first-order valence-electron chi connectivity index (χ1n) is 14.6. The summed E-state index contributed by atoms with van der Waals surface area (Å²) in [6.45, 7) is 4.31. The first kappa shape index (κ1) is 27.0. The molecule has 3 aliphatic rings. The Bertz CT molecular complexity index is 1500. The second kappa shape index (κ2) is 12.1. The molecule has 0 aromatic heterocycles. The van der Waals surface area contributed by atoms with Crippen molar-refractivity contribution in [1.82, 2.24) is 9.80 Å². The Kier molecular flexibility index (Phi) is 7.98. The van der Waals surface area contributed by atoms with Gasteiger partial charge in [0.1, 0.15) is 6.61 Å². The quantitative estimate of drug-likeness (QED) is 0.322. The lowest BCUT2D eigenvalue weighted by Gasteiger charge is -2.31. The third kappa shape index (κ3) is 6.26. The third-order valence-corrected chi connectivity index (χ3v) is 8.75. The number of hydrogen-bond acceptors (Lipinski definition) is 5. The zero-order chi connectivity index (χ0) is 28.2. The van der Waals surface area contributed by atoms with Crippen LogP contribution in [0.5, 0.6) is 0 Å². The number of benzene rings is 3. The first-order chi connectivity index (χ1) is 20.1. The number of piperidine rings is 1. The van der Waals surface area contributed by atoms with Crippen LogP contribution < -0.4 is 0 Å². The molecule has 1 fully saturated rings. The minimum Gasteiger partial charge on any atom is -0.445 e. The number of likely N-dealkylation sites (tertiary alicyclic amines) is 1. The van der Waals surface area contributed by atoms with Crippen molar-refractivity contribution in [3.63, 3.8) is 0 Å². The van der Waals surface area contributed by atoms with Crippen molar-refractivity contribution >= 4 is 17.4 Å². The zero-order valence-electron chi connectivity index (χ0n) is 23.4. The summed E-state index contributed by atoms with van der Waals surface area (Å²) in [6, 6.07) is 25.9. The fourth-order valence-electron chi connectivity index (χ4n) is 6.33. The summed E-state index contributed by atoms with van der Waals surface area (Å²) in [6.07, 6.45) is 4.07. The molecule has 0 spiro atoms. The van der Waals surface area contributed by atoms with Crippen LogP contribution in [0, 0.1) is 17.2 Å². The van der Waals surface area contributed by atoms with E-state index in [1.54, 1.807) is 4.90 Å². The van der Waals surface area contributed by atoms with Crippen molar-refractivity contribution in [3.05, 3.63) is 112 Å². The van der Waals surface area contributed by atoms with E-state index >= 15 is 0 Å². The maximum atomic E-state index is 13.4. The van der Waals surface area contributed by atoms with Gasteiger partial charge in [0.05, 0.1) is 11.6 Å². The maximum absolute atomic E-state index is 13.4. The summed E-state index contributed by atoms with van der Waals surface area (Å²) in [4.78, 5) is 30.4. The molecule has 1 amide bonds. The molecule has 1 aliphatic carbocycles. The van der Waals surface area contributed by atoms with Gasteiger partial charge in [0.15, 0.2) is 5.78 Å². The van der Waals surface area contributed by atoms with E-state index in [4.69, 9.17) is 10.00 Å². The Morgan fingerprint density at radius 2 is 1.71 bits per heavy atom. The number of fused-ring (bicyclic) bond motifs is 2. The van der Waals surface area contributed by atoms with E-state index in [-0.39, 0.29) is 18.5 Å². The van der Waals surface area contributed by atoms with Gasteiger partial charge in [0.2, 0.25) is 0 Å². The predicted octanol–water partition coefficient (Wildman–Crippen LogP) is 6.40. The molecule has 2 aliphatic heterocycles. The standard InChI is InChI=1S/C35H35N3O3/c36-21-26-6-8-27(9-7-26)22-37-15-12-25(13-16-37)18-34(39)31-11-10-29-19-30-14-17-38(23-33(30)32(29)20-31)35(40)41-24-28-4-2-1-3-5-28/h1-11,20,25H,12-19,22-24H2. The van der Waals surface area contributed by atoms with E-state index in [2.05, 4.69) is 23.1 Å². The molecule has 208 valence electrons. The Morgan fingerprint density at radius 3 is 2.46 bits per heavy atom. The number of carbonyl (C=O) groups excluding carboxylic acids is 2. The Labute approximate surface area is 241 Å². The average molecular weight is 546 g/mol. The Balaban J connectivity index is 1.03. The Hall–Kier alpha value is -4.21. The summed E-state index contributed by atoms with van der Waals surface area (Å²) < 4.78 is 5.60. The molecule has 0 N–H and O–H groups in total. The summed E-state index contributed by atoms with van der Waals surface area (Å²) >= 11 is 0. The molecule has 6 nitrogen and oxygen atoms in total. The van der Waals surface area contributed by atoms with E-state index in [9.17, 15) is 9.59 Å². The molecule has 1 saturated heterocycles. The lowest BCUT2D eigenvalue weighted by atomic mass is 9.88. The molecule has 6 rings (SSSR count). The number of nitrogens with zero attached hydrogens (tertiary/aromatic N) is 3. The van der Waals surface area contributed by atoms with E-state index in [1.165, 1.54) is 22.3 Å². The SMILES string of the molecule is N#Cc1ccc(CN2CCC(CC(=O)c3ccc4c(c3)C3=C(CCN(C(=O)OCc5ccccc5)C3)C4)CC2)cc1. The topological polar surface area (TPSA) is 73.6 Å². The van der Waals surface area contributed by atoms with Crippen molar-refractivity contribution in [3.8, 4) is 6.07 Å². The fourth-order valence-corrected chi connectivity index (χ4v) is 6.33. The van der Waals surface area contributed by atoms with Crippen LogP contribution in [0.3, 0.4) is 0 Å². The van der Waals surface area contributed by atoms with Crippen LogP contribution in [0.15, 0.2) is 78.4 Å². The summed E-state index contributed by atoms with van der Waals surface area (Å²) in [7, 11) is 0. The summed E-state index contributed by atoms with van der Waals surface area (Å²) in [5.74, 6) is 0.606. The summed E-state index contributed by atoms with van der Waals surface area (Å²) in [5.41, 5.74) is 8.61. The molecule has 41 heavy (non-hydrogen) atoms. The molecule has 2 heterocycles. The van der Waals surface area contributed by atoms with Gasteiger partial charge in [0, 0.05) is 31.6 Å². The number of ketones is 1. The highest BCUT2D eigenvalue weighted by Crippen LogP contribution is 2.38. The second-order valence-electron chi connectivity index (χ2n) is 11.5. The molecule has 0 unspecified atom stereocenters. The highest BCUT2D eigenvalue weighted by atomic mass is 16.6. The van der Waals surface area contributed by atoms with Gasteiger partial charge >= 0.3 is 6.09 Å². The van der Waals surface area contributed by atoms with Crippen molar-refractivity contribution in [2.45, 2.75) is 45.3 Å². The largest absolute Gasteiger partial charge is 0.445 e. The smallest absolute Gasteiger partial charge is 0.410 e. The van der Waals surface area contributed by atoms with Crippen molar-refractivity contribution in [1.29, 1.82) is 5.26 Å². The van der Waals surface area contributed by atoms with E-state index in [1.807, 2.05) is 60.7 Å². The lowest BCUT2D eigenvalue weighted by molar-refractivity contribution is 0.0924. The van der Waals surface area contributed by atoms with Gasteiger partial charge in [-0.05, 0) is 90.7 Å². The van der Waals surface area contributed by atoms with Gasteiger partial charge in [-0.1, -0.05) is 60.2 Å². The van der Waals surface area contributed by atoms with Crippen molar-refractivity contribution in [2.24, 2.45) is 5.92 Å². The van der Waals surface area contributed by atoms with Gasteiger partial charge < -0.3 is 9.64 Å². The molecule has 3 aromatic rings. The number of ether oxygens (including phenoxy) is 1. The van der Waals surface area contributed by atoms with E-state index in [0.717, 1.165) is 62.0 Å². The molecule has 3 aromatic carbocycles. The number of nitriles is 1. The van der Waals surface area contributed by atoms with Crippen LogP contribution in [-0.2, 0) is 24.3 Å². The van der Waals surface area contributed by atoms with Crippen LogP contribution >= 0.6 is 0 Å². The molecule has 6 heteroatoms. The first-order valence-corrected chi connectivity index (χ1v) is 14.6. The number of carbonyl (C=O) groups is 2. The summed E-state index contributed by atoms with van der Waals surface area (Å²) in [5, 5.41) is 9.00. The zero-order valence-corrected chi connectivity index (χ0v) is 23.4. The van der Waals surface area contributed by atoms with E-state index in [0.29, 0.717) is 31.0 Å². The van der Waals surface area contributed by atoms with Crippen LogP contribution in [0.2, 0.25) is 0 Å². The average Bonchev–Trinajstić information content (AvgIpc) is 3.39. The van der Waals surface area contributed by atoms with Crippen LogP contribution in [0.25, 0.3) is 5.57 Å². The predicted molar refractivity (Wildman–Crippen MR) is 158 cm³/mol. The highest BCUT2D eigenvalue weighted by Gasteiger charge is 2.31. The van der Waals surface area contributed by atoms with Gasteiger partial charge in [0.25, 0.3) is 0 Å². The van der Waals surface area contributed by atoms with Crippen LogP contribution in [-0.4, -0.2) is 47.9 Å². The molecule has 0 saturated carbocycles. The van der Waals surface area contributed by atoms with Crippen molar-refractivity contribution < 1.29 is 14.3 Å². The minimum absolute atomic E-state index is 0.210. The monoisotopic (exact) mass is 545 g/mol. The minimum atomic E-state index is -0.286. The molecular formula is C35H35N3O3. The van der Waals surface area contributed by atoms with Gasteiger partial charge in [-0.25, -0.2) is 4.79 Å². The molecule has 0 radical (unpaired) electrons. The second-order valence-corrected chi connectivity index (χ2v) is 11.5. The number of Topliss-reactive ketones (excluding diaryl/α,β-unsaturated/α-hetero) is 1. The normalized spacial score (nSPS) is 17.1. The van der Waals surface area contributed by atoms with Crippen molar-refractivity contribution in [2.75, 3.05) is 26.2 Å².